The summed E-state index contributed by atoms with van der Waals surface area (Å²) in [5.41, 5.74) is -3.04. The molecule has 0 bridgehead atoms. The van der Waals surface area contributed by atoms with Gasteiger partial charge in [0.25, 0.3) is 0 Å². The van der Waals surface area contributed by atoms with Crippen LogP contribution in [-0.4, -0.2) is 30.0 Å². The van der Waals surface area contributed by atoms with E-state index in [2.05, 4.69) is 15.9 Å². The lowest BCUT2D eigenvalue weighted by Gasteiger charge is -2.19. The van der Waals surface area contributed by atoms with E-state index >= 15 is 0 Å². The minimum absolute atomic E-state index is 0.0366. The van der Waals surface area contributed by atoms with E-state index < -0.39 is 24.8 Å². The first-order valence-electron chi connectivity index (χ1n) is 10.4. The summed E-state index contributed by atoms with van der Waals surface area (Å²) in [6.07, 6.45) is 5.96. The monoisotopic (exact) mass is 568 g/mol. The fourth-order valence-corrected chi connectivity index (χ4v) is 5.01. The first kappa shape index (κ1) is 25.2. The molecule has 0 unspecified atom stereocenters. The van der Waals surface area contributed by atoms with Gasteiger partial charge in [-0.1, -0.05) is 52.3 Å². The Hall–Kier alpha value is -2.85. The SMILES string of the molecule is O=C(O)C=Cc1ccc(-c2cn(C3CC3)c(=O)n2Cc2ccc(C(F)(F)P(=O)(O)O)c(Br)c2)cc1. The molecule has 35 heavy (non-hydrogen) atoms. The summed E-state index contributed by atoms with van der Waals surface area (Å²) < 4.78 is 42.5. The van der Waals surface area contributed by atoms with Gasteiger partial charge in [-0.15, -0.1) is 0 Å². The van der Waals surface area contributed by atoms with Crippen LogP contribution in [0, 0.1) is 0 Å². The quantitative estimate of drug-likeness (QED) is 0.265. The number of carboxylic acid groups (broad SMARTS) is 1. The zero-order valence-corrected chi connectivity index (χ0v) is 20.5. The zero-order chi connectivity index (χ0) is 25.5. The summed E-state index contributed by atoms with van der Waals surface area (Å²) in [5.74, 6) is -1.07. The van der Waals surface area contributed by atoms with Crippen molar-refractivity contribution in [3.05, 3.63) is 86.4 Å². The predicted octanol–water partition coefficient (Wildman–Crippen LogP) is 4.79. The van der Waals surface area contributed by atoms with Crippen molar-refractivity contribution in [2.75, 3.05) is 0 Å². The van der Waals surface area contributed by atoms with E-state index in [1.54, 1.807) is 35.0 Å². The van der Waals surface area contributed by atoms with Gasteiger partial charge in [0.15, 0.2) is 0 Å². The number of imidazole rings is 1. The summed E-state index contributed by atoms with van der Waals surface area (Å²) in [6, 6.07) is 10.6. The third-order valence-corrected chi connectivity index (χ3v) is 7.26. The molecule has 4 rings (SSSR count). The number of carboxylic acids is 1. The average Bonchev–Trinajstić information content (AvgIpc) is 3.57. The van der Waals surface area contributed by atoms with Crippen molar-refractivity contribution in [1.29, 1.82) is 0 Å². The molecule has 1 heterocycles. The minimum atomic E-state index is -5.73. The van der Waals surface area contributed by atoms with Gasteiger partial charge < -0.3 is 14.9 Å². The number of halogens is 3. The maximum Gasteiger partial charge on any atom is 0.399 e. The molecule has 1 aromatic heterocycles. The van der Waals surface area contributed by atoms with Crippen LogP contribution < -0.4 is 5.69 Å². The van der Waals surface area contributed by atoms with Crippen molar-refractivity contribution < 1.29 is 33.0 Å². The van der Waals surface area contributed by atoms with Gasteiger partial charge in [-0.2, -0.15) is 8.78 Å². The molecule has 184 valence electrons. The highest BCUT2D eigenvalue weighted by Crippen LogP contribution is 2.60. The summed E-state index contributed by atoms with van der Waals surface area (Å²) in [5, 5.41) is 8.78. The number of aliphatic carboxylic acids is 1. The van der Waals surface area contributed by atoms with Gasteiger partial charge >= 0.3 is 24.9 Å². The average molecular weight is 569 g/mol. The summed E-state index contributed by atoms with van der Waals surface area (Å²) in [6.45, 7) is 0.0366. The lowest BCUT2D eigenvalue weighted by molar-refractivity contribution is -0.131. The molecule has 0 spiro atoms. The van der Waals surface area contributed by atoms with Crippen LogP contribution in [0.3, 0.4) is 0 Å². The van der Waals surface area contributed by atoms with E-state index in [0.29, 0.717) is 22.4 Å². The third-order valence-electron chi connectivity index (χ3n) is 5.63. The van der Waals surface area contributed by atoms with Gasteiger partial charge in [0, 0.05) is 28.4 Å². The van der Waals surface area contributed by atoms with Crippen LogP contribution in [0.5, 0.6) is 0 Å². The van der Waals surface area contributed by atoms with Gasteiger partial charge in [0.05, 0.1) is 12.2 Å². The molecule has 0 aliphatic heterocycles. The van der Waals surface area contributed by atoms with Crippen LogP contribution in [0.4, 0.5) is 8.78 Å². The second-order valence-corrected chi connectivity index (χ2v) is 10.7. The second kappa shape index (κ2) is 9.31. The fraction of sp³-hybridized carbons (Fsp3) is 0.217. The van der Waals surface area contributed by atoms with Crippen molar-refractivity contribution in [2.24, 2.45) is 0 Å². The van der Waals surface area contributed by atoms with Crippen LogP contribution in [0.2, 0.25) is 0 Å². The van der Waals surface area contributed by atoms with Gasteiger partial charge in [-0.3, -0.25) is 13.7 Å². The lowest BCUT2D eigenvalue weighted by atomic mass is 10.1. The summed E-state index contributed by atoms with van der Waals surface area (Å²) in [7, 11) is -5.73. The van der Waals surface area contributed by atoms with Crippen molar-refractivity contribution in [1.82, 2.24) is 9.13 Å². The van der Waals surface area contributed by atoms with Gasteiger partial charge in [-0.05, 0) is 41.7 Å². The molecule has 3 aromatic rings. The van der Waals surface area contributed by atoms with Crippen molar-refractivity contribution >= 4 is 35.6 Å². The number of carbonyl (C=O) groups is 1. The van der Waals surface area contributed by atoms with Crippen LogP contribution >= 0.6 is 23.5 Å². The highest BCUT2D eigenvalue weighted by Gasteiger charge is 2.51. The first-order valence-corrected chi connectivity index (χ1v) is 12.8. The molecule has 0 amide bonds. The van der Waals surface area contributed by atoms with Gasteiger partial charge in [-0.25, -0.2) is 9.59 Å². The van der Waals surface area contributed by atoms with E-state index in [-0.39, 0.29) is 22.7 Å². The Morgan fingerprint density at radius 2 is 1.83 bits per heavy atom. The highest BCUT2D eigenvalue weighted by atomic mass is 79.9. The van der Waals surface area contributed by atoms with E-state index in [1.165, 1.54) is 22.8 Å². The smallest absolute Gasteiger partial charge is 0.399 e. The van der Waals surface area contributed by atoms with Crippen LogP contribution in [0.1, 0.15) is 35.6 Å². The van der Waals surface area contributed by atoms with E-state index in [9.17, 15) is 22.9 Å². The van der Waals surface area contributed by atoms with Gasteiger partial charge in [0.2, 0.25) is 0 Å². The maximum absolute atomic E-state index is 14.2. The topological polar surface area (TPSA) is 122 Å². The number of alkyl halides is 2. The van der Waals surface area contributed by atoms with Crippen molar-refractivity contribution in [2.45, 2.75) is 31.1 Å². The molecule has 1 fully saturated rings. The Labute approximate surface area is 206 Å². The molecule has 8 nitrogen and oxygen atoms in total. The van der Waals surface area contributed by atoms with Crippen LogP contribution in [0.15, 0.2) is 64.0 Å². The van der Waals surface area contributed by atoms with Gasteiger partial charge in [0.1, 0.15) is 0 Å². The Kier molecular flexibility index (Phi) is 6.72. The third kappa shape index (κ3) is 5.23. The number of hydrogen-bond acceptors (Lipinski definition) is 3. The molecule has 1 aliphatic carbocycles. The minimum Gasteiger partial charge on any atom is -0.478 e. The van der Waals surface area contributed by atoms with E-state index in [1.807, 2.05) is 0 Å². The summed E-state index contributed by atoms with van der Waals surface area (Å²) in [4.78, 5) is 41.9. The van der Waals surface area contributed by atoms with Crippen molar-refractivity contribution in [3.8, 4) is 11.3 Å². The standard InChI is InChI=1S/C23H20BrF2N2O6P/c24-19-11-15(3-9-18(19)23(25,26)35(32,33)34)12-28-20(13-27(22(28)31)17-7-8-17)16-5-1-14(2-6-16)4-10-21(29)30/h1-6,9-11,13,17H,7-8,12H2,(H,29,30)(H2,32,33,34). The molecule has 1 saturated carbocycles. The molecule has 3 N–H and O–H groups in total. The molecule has 1 aliphatic rings. The number of benzene rings is 2. The molecule has 0 saturated heterocycles. The first-order chi connectivity index (χ1) is 16.4. The Morgan fingerprint density at radius 1 is 1.17 bits per heavy atom. The highest BCUT2D eigenvalue weighted by molar-refractivity contribution is 9.10. The number of rotatable bonds is 8. The van der Waals surface area contributed by atoms with E-state index in [0.717, 1.165) is 25.0 Å². The second-order valence-electron chi connectivity index (χ2n) is 8.21. The Bertz CT molecular complexity index is 1420. The maximum atomic E-state index is 14.2. The number of aromatic nitrogens is 2. The largest absolute Gasteiger partial charge is 0.478 e. The zero-order valence-electron chi connectivity index (χ0n) is 18.0. The Morgan fingerprint density at radius 3 is 2.37 bits per heavy atom. The number of hydrogen-bond donors (Lipinski definition) is 3. The molecule has 12 heteroatoms. The van der Waals surface area contributed by atoms with E-state index in [4.69, 9.17) is 14.9 Å². The summed E-state index contributed by atoms with van der Waals surface area (Å²) >= 11 is 2.98. The molecule has 2 aromatic carbocycles. The fourth-order valence-electron chi connectivity index (χ4n) is 3.67. The molecular weight excluding hydrogens is 549 g/mol. The number of nitrogens with zero attached hydrogens (tertiary/aromatic N) is 2. The lowest BCUT2D eigenvalue weighted by Crippen LogP contribution is -2.24. The molecule has 0 atom stereocenters. The van der Waals surface area contributed by atoms with Crippen LogP contribution in [0.25, 0.3) is 17.3 Å². The predicted molar refractivity (Wildman–Crippen MR) is 128 cm³/mol. The Balaban J connectivity index is 1.71. The molecular formula is C23H20BrF2N2O6P. The van der Waals surface area contributed by atoms with Crippen LogP contribution in [-0.2, 0) is 21.6 Å². The normalized spacial score (nSPS) is 14.5. The molecule has 0 radical (unpaired) electrons. The van der Waals surface area contributed by atoms with Crippen molar-refractivity contribution in [3.63, 3.8) is 0 Å².